The third-order valence-corrected chi connectivity index (χ3v) is 19.4. The van der Waals surface area contributed by atoms with Crippen LogP contribution in [0.3, 0.4) is 0 Å². The number of fused-ring (bicyclic) bond motifs is 3. The Morgan fingerprint density at radius 3 is 0.811 bits per heavy atom. The van der Waals surface area contributed by atoms with E-state index in [2.05, 4.69) is 146 Å². The number of aromatic nitrogens is 10. The summed E-state index contributed by atoms with van der Waals surface area (Å²) in [5.74, 6) is 5.02. The maximum atomic E-state index is 9.20. The van der Waals surface area contributed by atoms with Crippen molar-refractivity contribution in [2.45, 2.75) is 0 Å². The topological polar surface area (TPSA) is 166 Å². The summed E-state index contributed by atoms with van der Waals surface area (Å²) >= 11 is 0. The van der Waals surface area contributed by atoms with Gasteiger partial charge in [-0.2, -0.15) is 5.26 Å². The minimum absolute atomic E-state index is 0.588. The molecule has 12 heteroatoms. The highest BCUT2D eigenvalue weighted by Crippen LogP contribution is 2.38. The lowest BCUT2D eigenvalue weighted by atomic mass is 10.00. The Bertz CT molecular complexity index is 6470. The lowest BCUT2D eigenvalue weighted by Crippen LogP contribution is -2.00. The molecule has 0 amide bonds. The average molecular weight is 1420 g/mol. The lowest BCUT2D eigenvalue weighted by molar-refractivity contribution is 0.669. The molecule has 520 valence electrons. The molecule has 0 aliphatic carbocycles. The number of para-hydroxylation sites is 1. The summed E-state index contributed by atoms with van der Waals surface area (Å²) in [5.41, 5.74) is 23.4. The standard InChI is InChI=1S/C50H32N6.C49H31N5O/c51-33-34-19-21-35(22-20-34)36-25-29-42(30-26-36)49-54-48(41-15-8-3-9-16-41)55-50(56-49)44-18-10-17-43(31-44)37-23-27-39(28-24-37)46-32-45(38-11-4-1-5-12-38)52-47(53-46)40-13-6-2-7-14-40;1-4-13-34(14-5-1)46-50-42(31-43(51-46)38-27-28-41-40-21-10-11-22-44(40)55-45(41)30-38)33-25-23-32(24-26-33)37-19-12-20-39(29-37)49-53-47(35-15-6-2-7-16-35)52-48(54-49)36-17-8-3-9-18-36/h1-32H;1-31H. The van der Waals surface area contributed by atoms with E-state index in [4.69, 9.17) is 54.3 Å². The molecule has 0 saturated heterocycles. The molecule has 0 N–H and O–H groups in total. The Hall–Kier alpha value is -15.5. The highest BCUT2D eigenvalue weighted by molar-refractivity contribution is 6.06. The third kappa shape index (κ3) is 14.7. The summed E-state index contributed by atoms with van der Waals surface area (Å²) in [6, 6.07) is 131. The van der Waals surface area contributed by atoms with E-state index in [1.807, 2.05) is 243 Å². The molecule has 19 rings (SSSR count). The van der Waals surface area contributed by atoms with Crippen LogP contribution in [0.1, 0.15) is 5.56 Å². The molecule has 0 atom stereocenters. The van der Waals surface area contributed by atoms with Gasteiger partial charge < -0.3 is 4.42 Å². The predicted octanol–water partition coefficient (Wildman–Crippen LogP) is 24.1. The van der Waals surface area contributed by atoms with Gasteiger partial charge in [0.1, 0.15) is 11.2 Å². The SMILES string of the molecule is N#Cc1ccc(-c2ccc(-c3nc(-c4ccccc4)nc(-c4cccc(-c5ccc(-c6cc(-c7ccccc7)nc(-c7ccccc7)n6)cc5)c4)n3)cc2)cc1.c1ccc(-c2nc(-c3ccc(-c4cccc(-c5nc(-c6ccccc6)nc(-c6ccccc6)n5)c4)cc3)cc(-c3ccc4c(c3)oc3ccccc34)n2)cc1. The summed E-state index contributed by atoms with van der Waals surface area (Å²) in [6.45, 7) is 0. The van der Waals surface area contributed by atoms with Crippen LogP contribution in [0.25, 0.3) is 191 Å². The summed E-state index contributed by atoms with van der Waals surface area (Å²) in [4.78, 5) is 49.7. The smallest absolute Gasteiger partial charge is 0.164 e. The van der Waals surface area contributed by atoms with Crippen molar-refractivity contribution in [3.8, 4) is 176 Å². The summed E-state index contributed by atoms with van der Waals surface area (Å²) in [6.07, 6.45) is 0. The Labute approximate surface area is 640 Å². The van der Waals surface area contributed by atoms with Gasteiger partial charge in [-0.1, -0.05) is 328 Å². The van der Waals surface area contributed by atoms with E-state index in [0.29, 0.717) is 52.2 Å². The van der Waals surface area contributed by atoms with Crippen molar-refractivity contribution in [3.05, 3.63) is 388 Å². The maximum absolute atomic E-state index is 9.20. The number of nitriles is 1. The molecule has 5 aromatic heterocycles. The first-order chi connectivity index (χ1) is 54.9. The monoisotopic (exact) mass is 1420 g/mol. The zero-order valence-corrected chi connectivity index (χ0v) is 59.7. The molecule has 14 aromatic carbocycles. The number of rotatable bonds is 15. The number of furan rings is 1. The first-order valence-electron chi connectivity index (χ1n) is 36.5. The minimum Gasteiger partial charge on any atom is -0.456 e. The van der Waals surface area contributed by atoms with Gasteiger partial charge in [-0.05, 0) is 88.0 Å². The Balaban J connectivity index is 0.000000155. The first kappa shape index (κ1) is 67.4. The molecule has 5 heterocycles. The molecule has 0 spiro atoms. The molecule has 0 bridgehead atoms. The van der Waals surface area contributed by atoms with Gasteiger partial charge in [-0.25, -0.2) is 49.8 Å². The van der Waals surface area contributed by atoms with Gasteiger partial charge in [0, 0.05) is 77.5 Å². The van der Waals surface area contributed by atoms with Gasteiger partial charge in [-0.3, -0.25) is 0 Å². The highest BCUT2D eigenvalue weighted by Gasteiger charge is 2.19. The van der Waals surface area contributed by atoms with E-state index in [1.165, 1.54) is 0 Å². The number of hydrogen-bond acceptors (Lipinski definition) is 12. The number of benzene rings is 14. The first-order valence-corrected chi connectivity index (χ1v) is 36.5. The van der Waals surface area contributed by atoms with Crippen LogP contribution >= 0.6 is 0 Å². The fourth-order valence-electron chi connectivity index (χ4n) is 13.6. The summed E-state index contributed by atoms with van der Waals surface area (Å²) in [7, 11) is 0. The second-order valence-corrected chi connectivity index (χ2v) is 26.6. The zero-order valence-electron chi connectivity index (χ0n) is 59.7. The lowest BCUT2D eigenvalue weighted by Gasteiger charge is -2.11. The fraction of sp³-hybridized carbons (Fsp3) is 0. The molecule has 0 saturated carbocycles. The highest BCUT2D eigenvalue weighted by atomic mass is 16.3. The van der Waals surface area contributed by atoms with Crippen molar-refractivity contribution in [1.82, 2.24) is 49.8 Å². The van der Waals surface area contributed by atoms with Crippen molar-refractivity contribution in [3.63, 3.8) is 0 Å². The minimum atomic E-state index is 0.588. The summed E-state index contributed by atoms with van der Waals surface area (Å²) in [5, 5.41) is 11.4. The van der Waals surface area contributed by atoms with E-state index in [9.17, 15) is 5.26 Å². The molecule has 0 unspecified atom stereocenters. The van der Waals surface area contributed by atoms with Crippen LogP contribution in [0.4, 0.5) is 0 Å². The molecule has 0 fully saturated rings. The van der Waals surface area contributed by atoms with Crippen molar-refractivity contribution >= 4 is 21.9 Å². The number of hydrogen-bond donors (Lipinski definition) is 0. The fourth-order valence-corrected chi connectivity index (χ4v) is 13.6. The van der Waals surface area contributed by atoms with E-state index in [0.717, 1.165) is 145 Å². The second kappa shape index (κ2) is 30.6. The van der Waals surface area contributed by atoms with Crippen LogP contribution in [-0.4, -0.2) is 49.8 Å². The van der Waals surface area contributed by atoms with Gasteiger partial charge in [0.25, 0.3) is 0 Å². The Morgan fingerprint density at radius 2 is 0.423 bits per heavy atom. The van der Waals surface area contributed by atoms with Gasteiger partial charge in [0.05, 0.1) is 34.4 Å². The molecule has 0 radical (unpaired) electrons. The van der Waals surface area contributed by atoms with E-state index < -0.39 is 0 Å². The predicted molar refractivity (Wildman–Crippen MR) is 444 cm³/mol. The van der Waals surface area contributed by atoms with Gasteiger partial charge in [-0.15, -0.1) is 0 Å². The van der Waals surface area contributed by atoms with Crippen molar-refractivity contribution in [2.75, 3.05) is 0 Å². The van der Waals surface area contributed by atoms with Gasteiger partial charge >= 0.3 is 0 Å². The van der Waals surface area contributed by atoms with E-state index >= 15 is 0 Å². The summed E-state index contributed by atoms with van der Waals surface area (Å²) < 4.78 is 6.23. The average Bonchev–Trinajstić information content (AvgIpc) is 1.75. The number of nitrogens with zero attached hydrogens (tertiary/aromatic N) is 11. The van der Waals surface area contributed by atoms with Crippen LogP contribution in [0.15, 0.2) is 387 Å². The third-order valence-electron chi connectivity index (χ3n) is 19.4. The van der Waals surface area contributed by atoms with Gasteiger partial charge in [0.2, 0.25) is 0 Å². The molecule has 0 aliphatic heterocycles. The van der Waals surface area contributed by atoms with Crippen LogP contribution < -0.4 is 0 Å². The Kier molecular flexibility index (Phi) is 18.6. The largest absolute Gasteiger partial charge is 0.456 e. The molecule has 12 nitrogen and oxygen atoms in total. The van der Waals surface area contributed by atoms with Crippen LogP contribution in [0.5, 0.6) is 0 Å². The van der Waals surface area contributed by atoms with Crippen molar-refractivity contribution < 1.29 is 4.42 Å². The second-order valence-electron chi connectivity index (χ2n) is 26.6. The van der Waals surface area contributed by atoms with E-state index in [1.54, 1.807) is 0 Å². The van der Waals surface area contributed by atoms with Crippen LogP contribution in [-0.2, 0) is 0 Å². The van der Waals surface area contributed by atoms with Crippen molar-refractivity contribution in [1.29, 1.82) is 5.26 Å². The molecule has 0 aliphatic rings. The van der Waals surface area contributed by atoms with Crippen molar-refractivity contribution in [2.24, 2.45) is 0 Å². The maximum Gasteiger partial charge on any atom is 0.164 e. The van der Waals surface area contributed by atoms with Crippen LogP contribution in [0.2, 0.25) is 0 Å². The van der Waals surface area contributed by atoms with E-state index in [-0.39, 0.29) is 0 Å². The zero-order chi connectivity index (χ0) is 74.2. The van der Waals surface area contributed by atoms with Crippen LogP contribution in [0, 0.1) is 11.3 Å². The molecular weight excluding hydrogens is 1360 g/mol. The normalized spacial score (nSPS) is 11.1. The Morgan fingerprint density at radius 1 is 0.171 bits per heavy atom. The molecular formula is C99H63N11O. The molecule has 111 heavy (non-hydrogen) atoms. The molecule has 19 aromatic rings. The van der Waals surface area contributed by atoms with Gasteiger partial charge in [0.15, 0.2) is 46.6 Å². The quantitative estimate of drug-likeness (QED) is 0.0955.